The Morgan fingerprint density at radius 3 is 3.05 bits per heavy atom. The van der Waals surface area contributed by atoms with E-state index in [1.165, 1.54) is 18.4 Å². The molecule has 1 aliphatic carbocycles. The van der Waals surface area contributed by atoms with E-state index in [1.807, 2.05) is 6.07 Å². The van der Waals surface area contributed by atoms with Crippen LogP contribution in [0, 0.1) is 11.3 Å². The lowest BCUT2D eigenvalue weighted by Gasteiger charge is -2.39. The second kappa shape index (κ2) is 6.00. The van der Waals surface area contributed by atoms with E-state index in [4.69, 9.17) is 9.72 Å². The van der Waals surface area contributed by atoms with Gasteiger partial charge in [-0.25, -0.2) is 4.98 Å². The zero-order chi connectivity index (χ0) is 14.8. The fraction of sp³-hybridized carbons (Fsp3) is 0.625. The Labute approximate surface area is 125 Å². The minimum absolute atomic E-state index is 0.00392. The third kappa shape index (κ3) is 2.74. The molecule has 0 saturated carbocycles. The molecule has 0 amide bonds. The van der Waals surface area contributed by atoms with Crippen LogP contribution in [-0.4, -0.2) is 42.0 Å². The standard InChI is InChI=1S/C16H21N3O2/c1-11-10-21-14(9-20)8-19(11)16-13(7-17)6-12-4-2-3-5-15(12)18-16/h6,11,14,20H,2-5,8-10H2,1H3. The maximum Gasteiger partial charge on any atom is 0.147 e. The topological polar surface area (TPSA) is 69.4 Å². The molecule has 2 heterocycles. The Morgan fingerprint density at radius 2 is 2.29 bits per heavy atom. The molecule has 1 saturated heterocycles. The van der Waals surface area contributed by atoms with Crippen LogP contribution < -0.4 is 4.90 Å². The van der Waals surface area contributed by atoms with Crippen molar-refractivity contribution in [2.45, 2.75) is 44.8 Å². The highest BCUT2D eigenvalue weighted by atomic mass is 16.5. The maximum absolute atomic E-state index is 9.46. The summed E-state index contributed by atoms with van der Waals surface area (Å²) >= 11 is 0. The fourth-order valence-corrected chi connectivity index (χ4v) is 3.15. The number of aryl methyl sites for hydroxylation is 2. The third-order valence-corrected chi connectivity index (χ3v) is 4.38. The van der Waals surface area contributed by atoms with Crippen LogP contribution in [0.1, 0.15) is 36.6 Å². The maximum atomic E-state index is 9.46. The van der Waals surface area contributed by atoms with Crippen LogP contribution in [0.3, 0.4) is 0 Å². The molecule has 2 aliphatic rings. The molecule has 1 aromatic heterocycles. The summed E-state index contributed by atoms with van der Waals surface area (Å²) in [6.45, 7) is 3.19. The van der Waals surface area contributed by atoms with E-state index in [0.29, 0.717) is 18.7 Å². The Kier molecular flexibility index (Phi) is 4.09. The van der Waals surface area contributed by atoms with Crippen molar-refractivity contribution < 1.29 is 9.84 Å². The Hall–Kier alpha value is -1.64. The molecule has 21 heavy (non-hydrogen) atoms. The molecule has 0 bridgehead atoms. The van der Waals surface area contributed by atoms with Gasteiger partial charge in [-0.15, -0.1) is 0 Å². The van der Waals surface area contributed by atoms with E-state index in [2.05, 4.69) is 17.9 Å². The molecule has 0 aromatic carbocycles. The summed E-state index contributed by atoms with van der Waals surface area (Å²) in [5, 5.41) is 18.8. The average Bonchev–Trinajstić information content (AvgIpc) is 2.54. The van der Waals surface area contributed by atoms with Gasteiger partial charge in [-0.1, -0.05) is 0 Å². The quantitative estimate of drug-likeness (QED) is 0.891. The number of hydrogen-bond donors (Lipinski definition) is 1. The van der Waals surface area contributed by atoms with Crippen LogP contribution >= 0.6 is 0 Å². The van der Waals surface area contributed by atoms with E-state index in [0.717, 1.165) is 24.4 Å². The molecular weight excluding hydrogens is 266 g/mol. The van der Waals surface area contributed by atoms with Gasteiger partial charge in [-0.05, 0) is 44.2 Å². The highest BCUT2D eigenvalue weighted by Gasteiger charge is 2.29. The number of aliphatic hydroxyl groups is 1. The van der Waals surface area contributed by atoms with Gasteiger partial charge >= 0.3 is 0 Å². The monoisotopic (exact) mass is 287 g/mol. The molecule has 5 heteroatoms. The molecule has 2 atom stereocenters. The Balaban J connectivity index is 1.98. The number of ether oxygens (including phenoxy) is 1. The highest BCUT2D eigenvalue weighted by Crippen LogP contribution is 2.29. The lowest BCUT2D eigenvalue weighted by atomic mass is 9.94. The van der Waals surface area contributed by atoms with Crippen LogP contribution in [0.15, 0.2) is 6.07 Å². The number of pyridine rings is 1. The van der Waals surface area contributed by atoms with Crippen LogP contribution in [-0.2, 0) is 17.6 Å². The summed E-state index contributed by atoms with van der Waals surface area (Å²) < 4.78 is 5.57. The van der Waals surface area contributed by atoms with Crippen molar-refractivity contribution in [1.29, 1.82) is 5.26 Å². The number of nitrogens with zero attached hydrogens (tertiary/aromatic N) is 3. The van der Waals surface area contributed by atoms with Crippen LogP contribution in [0.2, 0.25) is 0 Å². The zero-order valence-corrected chi connectivity index (χ0v) is 12.4. The van der Waals surface area contributed by atoms with Crippen molar-refractivity contribution in [3.05, 3.63) is 22.9 Å². The first-order valence-electron chi connectivity index (χ1n) is 7.65. The zero-order valence-electron chi connectivity index (χ0n) is 12.4. The molecule has 2 unspecified atom stereocenters. The van der Waals surface area contributed by atoms with Crippen molar-refractivity contribution in [3.8, 4) is 6.07 Å². The number of aliphatic hydroxyl groups excluding tert-OH is 1. The minimum Gasteiger partial charge on any atom is -0.394 e. The predicted octanol–water partition coefficient (Wildman–Crippen LogP) is 1.42. The third-order valence-electron chi connectivity index (χ3n) is 4.38. The van der Waals surface area contributed by atoms with Crippen molar-refractivity contribution in [1.82, 2.24) is 4.98 Å². The lowest BCUT2D eigenvalue weighted by molar-refractivity contribution is -0.0106. The minimum atomic E-state index is -0.203. The Morgan fingerprint density at radius 1 is 1.48 bits per heavy atom. The van der Waals surface area contributed by atoms with E-state index in [1.54, 1.807) is 0 Å². The number of aromatic nitrogens is 1. The van der Waals surface area contributed by atoms with Gasteiger partial charge in [0.15, 0.2) is 0 Å². The molecule has 0 spiro atoms. The summed E-state index contributed by atoms with van der Waals surface area (Å²) in [4.78, 5) is 6.90. The summed E-state index contributed by atoms with van der Waals surface area (Å²) in [5.74, 6) is 0.757. The number of fused-ring (bicyclic) bond motifs is 1. The van der Waals surface area contributed by atoms with Crippen molar-refractivity contribution in [2.75, 3.05) is 24.7 Å². The van der Waals surface area contributed by atoms with Gasteiger partial charge in [0.1, 0.15) is 11.9 Å². The summed E-state index contributed by atoms with van der Waals surface area (Å²) in [6.07, 6.45) is 4.17. The number of anilines is 1. The Bertz CT molecular complexity index is 567. The van der Waals surface area contributed by atoms with Gasteiger partial charge in [0.05, 0.1) is 30.9 Å². The first kappa shape index (κ1) is 14.3. The van der Waals surface area contributed by atoms with Crippen LogP contribution in [0.5, 0.6) is 0 Å². The molecular formula is C16H21N3O2. The first-order chi connectivity index (χ1) is 10.2. The molecule has 1 fully saturated rings. The van der Waals surface area contributed by atoms with Gasteiger partial charge in [0, 0.05) is 12.2 Å². The molecule has 3 rings (SSSR count). The van der Waals surface area contributed by atoms with Crippen LogP contribution in [0.4, 0.5) is 5.82 Å². The smallest absolute Gasteiger partial charge is 0.147 e. The first-order valence-corrected chi connectivity index (χ1v) is 7.65. The van der Waals surface area contributed by atoms with Crippen LogP contribution in [0.25, 0.3) is 0 Å². The fourth-order valence-electron chi connectivity index (χ4n) is 3.15. The summed E-state index contributed by atoms with van der Waals surface area (Å²) in [6, 6.07) is 4.46. The summed E-state index contributed by atoms with van der Waals surface area (Å²) in [5.41, 5.74) is 3.00. The second-order valence-corrected chi connectivity index (χ2v) is 5.92. The van der Waals surface area contributed by atoms with Crippen molar-refractivity contribution in [2.24, 2.45) is 0 Å². The highest BCUT2D eigenvalue weighted by molar-refractivity contribution is 5.57. The lowest BCUT2D eigenvalue weighted by Crippen LogP contribution is -2.50. The van der Waals surface area contributed by atoms with Gasteiger partial charge in [-0.2, -0.15) is 5.26 Å². The van der Waals surface area contributed by atoms with Gasteiger partial charge < -0.3 is 14.7 Å². The second-order valence-electron chi connectivity index (χ2n) is 5.92. The summed E-state index contributed by atoms with van der Waals surface area (Å²) in [7, 11) is 0. The number of morpholine rings is 1. The van der Waals surface area contributed by atoms with Gasteiger partial charge in [-0.3, -0.25) is 0 Å². The van der Waals surface area contributed by atoms with E-state index >= 15 is 0 Å². The van der Waals surface area contributed by atoms with E-state index in [-0.39, 0.29) is 18.8 Å². The van der Waals surface area contributed by atoms with Gasteiger partial charge in [0.25, 0.3) is 0 Å². The normalized spacial score (nSPS) is 25.3. The van der Waals surface area contributed by atoms with Crippen molar-refractivity contribution >= 4 is 5.82 Å². The molecule has 1 aromatic rings. The molecule has 1 N–H and O–H groups in total. The predicted molar refractivity (Wildman–Crippen MR) is 79.2 cm³/mol. The van der Waals surface area contributed by atoms with Crippen molar-refractivity contribution in [3.63, 3.8) is 0 Å². The largest absolute Gasteiger partial charge is 0.394 e. The molecule has 0 radical (unpaired) electrons. The molecule has 5 nitrogen and oxygen atoms in total. The number of hydrogen-bond acceptors (Lipinski definition) is 5. The molecule has 112 valence electrons. The van der Waals surface area contributed by atoms with E-state index in [9.17, 15) is 10.4 Å². The molecule has 1 aliphatic heterocycles. The SMILES string of the molecule is CC1COC(CO)CN1c1nc2c(cc1C#N)CCCC2. The number of nitriles is 1. The van der Waals surface area contributed by atoms with E-state index < -0.39 is 0 Å². The average molecular weight is 287 g/mol. The number of rotatable bonds is 2. The van der Waals surface area contributed by atoms with Gasteiger partial charge in [0.2, 0.25) is 0 Å².